The average molecular weight is 856 g/mol. The summed E-state index contributed by atoms with van der Waals surface area (Å²) in [5.74, 6) is -4.79. The number of nitrogens with zero attached hydrogens (tertiary/aromatic N) is 1. The molecule has 1 aliphatic carbocycles. The number of amides is 8. The number of primary amides is 1. The van der Waals surface area contributed by atoms with Gasteiger partial charge in [0.15, 0.2) is 5.96 Å². The first-order valence-corrected chi connectivity index (χ1v) is 21.7. The molecule has 14 N–H and O–H groups in total. The van der Waals surface area contributed by atoms with Gasteiger partial charge in [-0.3, -0.25) is 43.3 Å². The van der Waals surface area contributed by atoms with E-state index in [2.05, 4.69) is 42.2 Å². The van der Waals surface area contributed by atoms with E-state index in [0.717, 1.165) is 32.1 Å². The fraction of sp³-hybridized carbons (Fsp3) is 0.763. The molecule has 0 aliphatic heterocycles. The minimum atomic E-state index is -1.45. The zero-order chi connectivity index (χ0) is 44.7. The quantitative estimate of drug-likeness (QED) is 0.0246. The van der Waals surface area contributed by atoms with Gasteiger partial charge in [0.1, 0.15) is 42.3 Å². The van der Waals surface area contributed by atoms with Gasteiger partial charge in [0.05, 0.1) is 6.61 Å². The fourth-order valence-corrected chi connectivity index (χ4v) is 6.95. The number of thioether (sulfide) groups is 1. The zero-order valence-corrected chi connectivity index (χ0v) is 36.2. The number of aliphatic hydroxyl groups is 1. The lowest BCUT2D eigenvalue weighted by Crippen LogP contribution is -2.59. The molecule has 0 saturated heterocycles. The first-order valence-electron chi connectivity index (χ1n) is 20.3. The van der Waals surface area contributed by atoms with E-state index >= 15 is 0 Å². The molecule has 1 fully saturated rings. The van der Waals surface area contributed by atoms with E-state index < -0.39 is 96.2 Å². The zero-order valence-electron chi connectivity index (χ0n) is 35.4. The van der Waals surface area contributed by atoms with Crippen LogP contribution in [-0.2, 0) is 38.4 Å². The highest BCUT2D eigenvalue weighted by Crippen LogP contribution is 2.27. The second kappa shape index (κ2) is 27.9. The summed E-state index contributed by atoms with van der Waals surface area (Å²) in [7, 11) is 0. The molecule has 8 amide bonds. The van der Waals surface area contributed by atoms with Crippen LogP contribution in [0.25, 0.3) is 0 Å². The average Bonchev–Trinajstić information content (AvgIpc) is 3.17. The molecule has 1 aliphatic rings. The molecule has 20 nitrogen and oxygen atoms in total. The number of aliphatic imine (C=N–C) groups is 1. The Morgan fingerprint density at radius 1 is 0.644 bits per heavy atom. The Kier molecular flexibility index (Phi) is 24.8. The molecule has 0 aromatic carbocycles. The van der Waals surface area contributed by atoms with E-state index in [1.165, 1.54) is 39.0 Å². The summed E-state index contributed by atoms with van der Waals surface area (Å²) in [6.45, 7) is 7.07. The summed E-state index contributed by atoms with van der Waals surface area (Å²) in [5, 5.41) is 27.7. The molecule has 0 aromatic heterocycles. The standard InChI is InChI=1S/C38H69N11O9S/c1-21(2)19-29(31(39)52)48-37(58)30(20-50)49-33(54)23(4)44-35(56)28(16-18-59-6)46-32(53)22(3)43-34(55)26(13-10-17-42-38(40)41)47-36(57)27(45-24(5)51)15-14-25-11-8-7-9-12-25/h21-23,25-30,50H,7-20H2,1-6H3,(H2,39,52)(H,43,55)(H,44,56)(H,45,51)(H,46,53)(H,47,57)(H,48,58)(H,49,54)(H4,40,41,42)/t22-,23-,26-,27-,28-,29-,30-/m0/s1. The molecule has 0 aromatic rings. The summed E-state index contributed by atoms with van der Waals surface area (Å²) in [6, 6.07) is -8.05. The summed E-state index contributed by atoms with van der Waals surface area (Å²) >= 11 is 1.40. The Hall–Kier alpha value is -4.66. The molecule has 59 heavy (non-hydrogen) atoms. The molecule has 0 spiro atoms. The van der Waals surface area contributed by atoms with Gasteiger partial charge in [-0.25, -0.2) is 0 Å². The largest absolute Gasteiger partial charge is 0.394 e. The highest BCUT2D eigenvalue weighted by atomic mass is 32.2. The van der Waals surface area contributed by atoms with Crippen molar-refractivity contribution in [2.75, 3.05) is 25.2 Å². The van der Waals surface area contributed by atoms with Crippen LogP contribution in [0.15, 0.2) is 4.99 Å². The van der Waals surface area contributed by atoms with E-state index in [1.807, 2.05) is 13.8 Å². The molecular formula is C38H69N11O9S. The number of nitrogens with one attached hydrogen (secondary N) is 7. The third kappa shape index (κ3) is 21.2. The normalized spacial score (nSPS) is 16.4. The predicted molar refractivity (Wildman–Crippen MR) is 225 cm³/mol. The molecule has 1 saturated carbocycles. The third-order valence-electron chi connectivity index (χ3n) is 9.79. The van der Waals surface area contributed by atoms with Gasteiger partial charge in [0.2, 0.25) is 47.3 Å². The number of guanidine groups is 1. The van der Waals surface area contributed by atoms with Gasteiger partial charge in [-0.05, 0) is 76.2 Å². The molecule has 21 heteroatoms. The second-order valence-corrected chi connectivity index (χ2v) is 16.5. The van der Waals surface area contributed by atoms with Crippen LogP contribution < -0.4 is 54.4 Å². The van der Waals surface area contributed by atoms with E-state index in [4.69, 9.17) is 17.2 Å². The van der Waals surface area contributed by atoms with E-state index in [1.54, 1.807) is 6.26 Å². The van der Waals surface area contributed by atoms with Crippen molar-refractivity contribution in [3.05, 3.63) is 0 Å². The van der Waals surface area contributed by atoms with Crippen LogP contribution in [0.5, 0.6) is 0 Å². The molecule has 0 heterocycles. The number of carbonyl (C=O) groups is 8. The summed E-state index contributed by atoms with van der Waals surface area (Å²) in [4.78, 5) is 107. The number of rotatable bonds is 27. The molecule has 7 atom stereocenters. The Balaban J connectivity index is 3.02. The van der Waals surface area contributed by atoms with Crippen molar-refractivity contribution in [3.8, 4) is 0 Å². The van der Waals surface area contributed by atoms with E-state index in [-0.39, 0.29) is 37.7 Å². The van der Waals surface area contributed by atoms with Gasteiger partial charge >= 0.3 is 0 Å². The Labute approximate surface area is 351 Å². The minimum absolute atomic E-state index is 0.0111. The smallest absolute Gasteiger partial charge is 0.245 e. The van der Waals surface area contributed by atoms with Crippen LogP contribution in [-0.4, -0.2) is 126 Å². The number of hydrogen-bond acceptors (Lipinski definition) is 11. The number of nitrogens with two attached hydrogens (primary N) is 3. The molecular weight excluding hydrogens is 787 g/mol. The monoisotopic (exact) mass is 856 g/mol. The molecule has 0 unspecified atom stereocenters. The van der Waals surface area contributed by atoms with Crippen molar-refractivity contribution in [2.45, 2.75) is 148 Å². The van der Waals surface area contributed by atoms with Crippen LogP contribution in [0.4, 0.5) is 0 Å². The molecule has 0 bridgehead atoms. The van der Waals surface area contributed by atoms with E-state index in [0.29, 0.717) is 24.5 Å². The van der Waals surface area contributed by atoms with E-state index in [9.17, 15) is 43.5 Å². The van der Waals surface area contributed by atoms with Crippen LogP contribution >= 0.6 is 11.8 Å². The molecule has 336 valence electrons. The van der Waals surface area contributed by atoms with Crippen LogP contribution in [0, 0.1) is 11.8 Å². The van der Waals surface area contributed by atoms with Gasteiger partial charge in [0, 0.05) is 13.5 Å². The number of carbonyl (C=O) groups excluding carboxylic acids is 8. The maximum Gasteiger partial charge on any atom is 0.245 e. The molecule has 0 radical (unpaired) electrons. The highest BCUT2D eigenvalue weighted by molar-refractivity contribution is 7.98. The Bertz CT molecular complexity index is 1440. The van der Waals surface area contributed by atoms with Crippen molar-refractivity contribution < 1.29 is 43.5 Å². The second-order valence-electron chi connectivity index (χ2n) is 15.5. The maximum absolute atomic E-state index is 13.6. The Morgan fingerprint density at radius 3 is 1.61 bits per heavy atom. The first-order chi connectivity index (χ1) is 27.8. The lowest BCUT2D eigenvalue weighted by atomic mass is 9.85. The van der Waals surface area contributed by atoms with Gasteiger partial charge in [-0.1, -0.05) is 46.0 Å². The van der Waals surface area contributed by atoms with Crippen molar-refractivity contribution >= 4 is 65.0 Å². The lowest BCUT2D eigenvalue weighted by Gasteiger charge is -2.27. The lowest BCUT2D eigenvalue weighted by molar-refractivity contribution is -0.135. The van der Waals surface area contributed by atoms with Crippen molar-refractivity contribution in [2.24, 2.45) is 34.0 Å². The van der Waals surface area contributed by atoms with Crippen molar-refractivity contribution in [1.82, 2.24) is 37.2 Å². The van der Waals surface area contributed by atoms with Crippen LogP contribution in [0.1, 0.15) is 105 Å². The van der Waals surface area contributed by atoms with Gasteiger partial charge in [-0.2, -0.15) is 11.8 Å². The number of aliphatic hydroxyl groups excluding tert-OH is 1. The first kappa shape index (κ1) is 52.4. The molecule has 1 rings (SSSR count). The predicted octanol–water partition coefficient (Wildman–Crippen LogP) is -1.87. The van der Waals surface area contributed by atoms with Gasteiger partial charge in [-0.15, -0.1) is 0 Å². The van der Waals surface area contributed by atoms with Gasteiger partial charge < -0.3 is 59.5 Å². The van der Waals surface area contributed by atoms with Crippen molar-refractivity contribution in [3.63, 3.8) is 0 Å². The summed E-state index contributed by atoms with van der Waals surface area (Å²) < 4.78 is 0. The number of hydrogen-bond donors (Lipinski definition) is 11. The van der Waals surface area contributed by atoms with Crippen molar-refractivity contribution in [1.29, 1.82) is 0 Å². The fourth-order valence-electron chi connectivity index (χ4n) is 6.48. The third-order valence-corrected chi connectivity index (χ3v) is 10.4. The maximum atomic E-state index is 13.6. The SMILES string of the molecule is CSCC[C@H](NC(=O)[C@H](C)NC(=O)[C@H](CCCN=C(N)N)NC(=O)[C@H](CCC1CCCCC1)NC(C)=O)C(=O)N[C@@H](C)C(=O)N[C@@H](CO)C(=O)N[C@@H](CC(C)C)C(N)=O. The Morgan fingerprint density at radius 2 is 1.12 bits per heavy atom. The topological polar surface area (TPSA) is 331 Å². The summed E-state index contributed by atoms with van der Waals surface area (Å²) in [6.07, 6.45) is 9.25. The summed E-state index contributed by atoms with van der Waals surface area (Å²) in [5.41, 5.74) is 16.3. The van der Waals surface area contributed by atoms with Crippen LogP contribution in [0.2, 0.25) is 0 Å². The van der Waals surface area contributed by atoms with Gasteiger partial charge in [0.25, 0.3) is 0 Å². The minimum Gasteiger partial charge on any atom is -0.394 e. The highest BCUT2D eigenvalue weighted by Gasteiger charge is 2.32. The van der Waals surface area contributed by atoms with Crippen LogP contribution in [0.3, 0.4) is 0 Å².